The van der Waals surface area contributed by atoms with E-state index >= 15 is 0 Å². The van der Waals surface area contributed by atoms with Crippen molar-refractivity contribution in [1.82, 2.24) is 0 Å². The summed E-state index contributed by atoms with van der Waals surface area (Å²) >= 11 is 0. The third kappa shape index (κ3) is 6.31. The van der Waals surface area contributed by atoms with Crippen molar-refractivity contribution in [3.05, 3.63) is 59.4 Å². The molecule has 1 nitrogen and oxygen atoms in total. The average Bonchev–Trinajstić information content (AvgIpc) is 2.80. The van der Waals surface area contributed by atoms with Gasteiger partial charge < -0.3 is 0 Å². The van der Waals surface area contributed by atoms with E-state index in [9.17, 15) is 4.39 Å². The molecule has 3 rings (SSSR count). The average molecular weight is 408 g/mol. The maximum absolute atomic E-state index is 12.9. The first-order chi connectivity index (χ1) is 14.6. The Hall–Kier alpha value is -1.88. The van der Waals surface area contributed by atoms with Crippen LogP contribution in [0.5, 0.6) is 0 Å². The van der Waals surface area contributed by atoms with Crippen molar-refractivity contribution in [2.24, 2.45) is 17.8 Å². The predicted octanol–water partition coefficient (Wildman–Crippen LogP) is 8.43. The van der Waals surface area contributed by atoms with E-state index in [2.05, 4.69) is 37.8 Å². The summed E-state index contributed by atoms with van der Waals surface area (Å²) in [5.74, 6) is 2.16. The van der Waals surface area contributed by atoms with Crippen LogP contribution in [-0.2, 0) is 6.42 Å². The van der Waals surface area contributed by atoms with Gasteiger partial charge in [-0.05, 0) is 112 Å². The number of hydrogen-bond donors (Lipinski definition) is 0. The van der Waals surface area contributed by atoms with Crippen LogP contribution in [0.25, 0.3) is 0 Å². The highest BCUT2D eigenvalue weighted by Gasteiger charge is 2.29. The van der Waals surface area contributed by atoms with Gasteiger partial charge in [0.2, 0.25) is 0 Å². The fourth-order valence-electron chi connectivity index (χ4n) is 5.69. The highest BCUT2D eigenvalue weighted by atomic mass is 19.1. The minimum atomic E-state index is -0.635. The van der Waals surface area contributed by atoms with Gasteiger partial charge in [-0.25, -0.2) is 0 Å². The van der Waals surface area contributed by atoms with Crippen LogP contribution in [0, 0.1) is 29.1 Å². The molecule has 0 aromatic heterocycles. The number of hydrogen-bond acceptors (Lipinski definition) is 1. The van der Waals surface area contributed by atoms with Gasteiger partial charge in [-0.1, -0.05) is 49.8 Å². The Morgan fingerprint density at radius 1 is 1.03 bits per heavy atom. The number of halogens is 1. The molecule has 2 aliphatic carbocycles. The van der Waals surface area contributed by atoms with Crippen LogP contribution >= 0.6 is 0 Å². The molecule has 162 valence electrons. The van der Waals surface area contributed by atoms with E-state index in [-0.39, 0.29) is 0 Å². The molecule has 1 aromatic carbocycles. The Balaban J connectivity index is 1.41. The van der Waals surface area contributed by atoms with Crippen LogP contribution in [0.3, 0.4) is 0 Å². The first-order valence-electron chi connectivity index (χ1n) is 12.1. The summed E-state index contributed by atoms with van der Waals surface area (Å²) in [4.78, 5) is 0. The molecule has 0 heterocycles. The van der Waals surface area contributed by atoms with Crippen LogP contribution in [0.4, 0.5) is 4.39 Å². The van der Waals surface area contributed by atoms with E-state index in [4.69, 9.17) is 5.26 Å². The number of rotatable bonds is 8. The second kappa shape index (κ2) is 11.5. The molecule has 0 N–H and O–H groups in total. The molecule has 1 aromatic rings. The Bertz CT molecular complexity index is 738. The van der Waals surface area contributed by atoms with Crippen molar-refractivity contribution in [2.45, 2.75) is 89.9 Å². The summed E-state index contributed by atoms with van der Waals surface area (Å²) in [6.45, 7) is 6.80. The molecule has 0 saturated heterocycles. The van der Waals surface area contributed by atoms with Gasteiger partial charge in [0.15, 0.2) is 5.83 Å². The van der Waals surface area contributed by atoms with E-state index in [1.165, 1.54) is 87.0 Å². The van der Waals surface area contributed by atoms with Gasteiger partial charge in [0.1, 0.15) is 6.07 Å². The molecule has 0 spiro atoms. The van der Waals surface area contributed by atoms with E-state index in [1.54, 1.807) is 6.07 Å². The zero-order valence-corrected chi connectivity index (χ0v) is 18.7. The summed E-state index contributed by atoms with van der Waals surface area (Å²) in [5, 5.41) is 8.50. The Labute approximate surface area is 183 Å². The number of nitrogens with zero attached hydrogens (tertiary/aromatic N) is 1. The molecule has 0 bridgehead atoms. The maximum atomic E-state index is 12.9. The molecule has 0 atom stereocenters. The highest BCUT2D eigenvalue weighted by Crippen LogP contribution is 2.44. The van der Waals surface area contributed by atoms with E-state index in [0.717, 1.165) is 12.3 Å². The molecular formula is C28H38FN. The third-order valence-corrected chi connectivity index (χ3v) is 7.62. The van der Waals surface area contributed by atoms with Crippen LogP contribution in [-0.4, -0.2) is 0 Å². The lowest BCUT2D eigenvalue weighted by Crippen LogP contribution is -2.22. The number of allylic oxidation sites excluding steroid dienone is 3. The summed E-state index contributed by atoms with van der Waals surface area (Å²) in [6.07, 6.45) is 15.7. The zero-order chi connectivity index (χ0) is 21.3. The zero-order valence-electron chi connectivity index (χ0n) is 18.7. The number of nitriles is 1. The number of benzene rings is 1. The Kier molecular flexibility index (Phi) is 8.74. The van der Waals surface area contributed by atoms with Crippen molar-refractivity contribution in [3.8, 4) is 6.07 Å². The minimum absolute atomic E-state index is 0.635. The van der Waals surface area contributed by atoms with Crippen LogP contribution in [0.2, 0.25) is 0 Å². The summed E-state index contributed by atoms with van der Waals surface area (Å²) in [5.41, 5.74) is 4.51. The normalized spacial score (nSPS) is 27.4. The third-order valence-electron chi connectivity index (χ3n) is 7.62. The second-order valence-corrected chi connectivity index (χ2v) is 9.57. The van der Waals surface area contributed by atoms with Gasteiger partial charge >= 0.3 is 0 Å². The summed E-state index contributed by atoms with van der Waals surface area (Å²) in [7, 11) is 0. The smallest absolute Gasteiger partial charge is 0.195 e. The lowest BCUT2D eigenvalue weighted by atomic mass is 9.69. The van der Waals surface area contributed by atoms with E-state index < -0.39 is 5.83 Å². The quantitative estimate of drug-likeness (QED) is 0.313. The molecule has 0 aliphatic heterocycles. The molecule has 2 heteroatoms. The maximum Gasteiger partial charge on any atom is 0.196 e. The first-order valence-corrected chi connectivity index (χ1v) is 12.1. The van der Waals surface area contributed by atoms with Crippen LogP contribution < -0.4 is 0 Å². The fourth-order valence-corrected chi connectivity index (χ4v) is 5.69. The van der Waals surface area contributed by atoms with E-state index in [1.807, 2.05) is 0 Å². The molecule has 30 heavy (non-hydrogen) atoms. The topological polar surface area (TPSA) is 23.8 Å². The van der Waals surface area contributed by atoms with Gasteiger partial charge in [0, 0.05) is 0 Å². The van der Waals surface area contributed by atoms with Gasteiger partial charge in [-0.3, -0.25) is 0 Å². The van der Waals surface area contributed by atoms with Gasteiger partial charge in [0.05, 0.1) is 0 Å². The molecule has 0 amide bonds. The molecule has 2 saturated carbocycles. The Morgan fingerprint density at radius 2 is 1.63 bits per heavy atom. The molecule has 0 radical (unpaired) electrons. The molecular weight excluding hydrogens is 369 g/mol. The first kappa shape index (κ1) is 22.8. The highest BCUT2D eigenvalue weighted by molar-refractivity contribution is 5.26. The minimum Gasteiger partial charge on any atom is -0.195 e. The Morgan fingerprint density at radius 3 is 2.20 bits per heavy atom. The van der Waals surface area contributed by atoms with Crippen LogP contribution in [0.1, 0.15) is 94.6 Å². The summed E-state index contributed by atoms with van der Waals surface area (Å²) in [6, 6.07) is 10.9. The van der Waals surface area contributed by atoms with Crippen molar-refractivity contribution in [2.75, 3.05) is 0 Å². The van der Waals surface area contributed by atoms with Crippen molar-refractivity contribution >= 4 is 0 Å². The van der Waals surface area contributed by atoms with Crippen molar-refractivity contribution < 1.29 is 4.39 Å². The SMILES string of the molecule is C=C([C@H]1CC[C@H](CC/C=C(\F)C#N)CC1)[C@H]1CC[C@H](c2ccc(CCC)cc2)CC1. The van der Waals surface area contributed by atoms with E-state index in [0.29, 0.717) is 24.2 Å². The van der Waals surface area contributed by atoms with Crippen molar-refractivity contribution in [3.63, 3.8) is 0 Å². The lowest BCUT2D eigenvalue weighted by molar-refractivity contribution is 0.260. The largest absolute Gasteiger partial charge is 0.196 e. The van der Waals surface area contributed by atoms with Gasteiger partial charge in [0.25, 0.3) is 0 Å². The lowest BCUT2D eigenvalue weighted by Gasteiger charge is -2.36. The number of aryl methyl sites for hydroxylation is 1. The standard InChI is InChI=1S/C28H38FN/c1-3-5-22-10-14-26(15-11-22)27-18-16-25(17-19-27)21(2)24-12-8-23(9-13-24)6-4-7-28(29)20-30/h7,10-11,14-15,23-25,27H,2-6,8-9,12-13,16-19H2,1H3/b28-7-/t23-,24-,25-,27-. The van der Waals surface area contributed by atoms with Crippen molar-refractivity contribution in [1.29, 1.82) is 5.26 Å². The van der Waals surface area contributed by atoms with Gasteiger partial charge in [-0.2, -0.15) is 9.65 Å². The monoisotopic (exact) mass is 407 g/mol. The molecule has 2 fully saturated rings. The molecule has 0 unspecified atom stereocenters. The second-order valence-electron chi connectivity index (χ2n) is 9.57. The fraction of sp³-hybridized carbons (Fsp3) is 0.607. The predicted molar refractivity (Wildman–Crippen MR) is 124 cm³/mol. The molecule has 2 aliphatic rings. The van der Waals surface area contributed by atoms with Gasteiger partial charge in [-0.15, -0.1) is 0 Å². The van der Waals surface area contributed by atoms with Crippen LogP contribution in [0.15, 0.2) is 48.3 Å². The summed E-state index contributed by atoms with van der Waals surface area (Å²) < 4.78 is 12.9.